The summed E-state index contributed by atoms with van der Waals surface area (Å²) in [4.78, 5) is 21.7. The summed E-state index contributed by atoms with van der Waals surface area (Å²) in [5.41, 5.74) is 6.29. The molecule has 1 amide bonds. The highest BCUT2D eigenvalue weighted by molar-refractivity contribution is 7.90. The van der Waals surface area contributed by atoms with E-state index in [-0.39, 0.29) is 10.9 Å². The van der Waals surface area contributed by atoms with Gasteiger partial charge in [-0.2, -0.15) is 0 Å². The van der Waals surface area contributed by atoms with Crippen LogP contribution < -0.4 is 10.5 Å². The summed E-state index contributed by atoms with van der Waals surface area (Å²) in [6.07, 6.45) is 3.78. The van der Waals surface area contributed by atoms with E-state index in [0.717, 1.165) is 12.7 Å². The van der Waals surface area contributed by atoms with Gasteiger partial charge in [-0.05, 0) is 30.7 Å². The van der Waals surface area contributed by atoms with Gasteiger partial charge in [0.1, 0.15) is 17.3 Å². The molecule has 0 unspecified atom stereocenters. The fourth-order valence-electron chi connectivity index (χ4n) is 2.54. The highest BCUT2D eigenvalue weighted by Gasteiger charge is 2.22. The van der Waals surface area contributed by atoms with E-state index < -0.39 is 9.84 Å². The maximum atomic E-state index is 11.8. The summed E-state index contributed by atoms with van der Waals surface area (Å²) in [5, 5.41) is -0.0295. The lowest BCUT2D eigenvalue weighted by Crippen LogP contribution is -2.24. The number of sulfone groups is 1. The van der Waals surface area contributed by atoms with Crippen LogP contribution in [-0.4, -0.2) is 42.0 Å². The Morgan fingerprint density at radius 2 is 2.08 bits per heavy atom. The van der Waals surface area contributed by atoms with Crippen LogP contribution in [0.15, 0.2) is 35.5 Å². The Bertz CT molecular complexity index is 897. The molecule has 25 heavy (non-hydrogen) atoms. The molecule has 1 aliphatic rings. The largest absolute Gasteiger partial charge is 0.454 e. The zero-order valence-electron chi connectivity index (χ0n) is 13.7. The Balaban J connectivity index is 1.83. The van der Waals surface area contributed by atoms with Crippen molar-refractivity contribution in [3.05, 3.63) is 36.2 Å². The molecule has 0 saturated carbocycles. The Labute approximate surface area is 145 Å². The minimum absolute atomic E-state index is 0.0295. The number of nitrogens with zero attached hydrogens (tertiary/aromatic N) is 3. The van der Waals surface area contributed by atoms with Gasteiger partial charge >= 0.3 is 0 Å². The third-order valence-corrected chi connectivity index (χ3v) is 4.78. The highest BCUT2D eigenvalue weighted by atomic mass is 32.2. The number of amides is 1. The highest BCUT2D eigenvalue weighted by Crippen LogP contribution is 2.27. The molecule has 2 N–H and O–H groups in total. The van der Waals surface area contributed by atoms with Gasteiger partial charge in [-0.3, -0.25) is 4.79 Å². The van der Waals surface area contributed by atoms with Crippen molar-refractivity contribution >= 4 is 21.6 Å². The molecule has 2 aromatic rings. The summed E-state index contributed by atoms with van der Waals surface area (Å²) < 4.78 is 28.7. The maximum Gasteiger partial charge on any atom is 0.222 e. The molecule has 8 nitrogen and oxygen atoms in total. The topological polar surface area (TPSA) is 115 Å². The molecule has 132 valence electrons. The summed E-state index contributed by atoms with van der Waals surface area (Å²) in [5.74, 6) is 1.23. The van der Waals surface area contributed by atoms with Crippen molar-refractivity contribution in [1.82, 2.24) is 14.9 Å². The number of pyridine rings is 2. The average Bonchev–Trinajstić information content (AvgIpc) is 2.95. The van der Waals surface area contributed by atoms with E-state index in [1.54, 1.807) is 17.0 Å². The molecular weight excluding hydrogens is 344 g/mol. The lowest BCUT2D eigenvalue weighted by molar-refractivity contribution is -0.128. The molecule has 0 spiro atoms. The van der Waals surface area contributed by atoms with E-state index in [0.29, 0.717) is 42.5 Å². The quantitative estimate of drug-likeness (QED) is 0.854. The Morgan fingerprint density at radius 3 is 2.68 bits per heavy atom. The zero-order chi connectivity index (χ0) is 18.0. The summed E-state index contributed by atoms with van der Waals surface area (Å²) in [6, 6.07) is 6.16. The standard InChI is InChI=1S/C16H18N4O4S/c1-25(22,23)15-7-4-11(9-18-15)24-13-5-6-14(17)19-12(13)10-20-8-2-3-16(20)21/h4-7,9H,2-3,8,10H2,1H3,(H2,17,19). The second kappa shape index (κ2) is 6.67. The number of carbonyl (C=O) groups excluding carboxylic acids is 1. The van der Waals surface area contributed by atoms with Gasteiger partial charge in [0.15, 0.2) is 20.6 Å². The zero-order valence-corrected chi connectivity index (χ0v) is 14.5. The van der Waals surface area contributed by atoms with Crippen LogP contribution in [0.4, 0.5) is 5.82 Å². The van der Waals surface area contributed by atoms with Gasteiger partial charge < -0.3 is 15.4 Å². The van der Waals surface area contributed by atoms with Gasteiger partial charge in [-0.1, -0.05) is 0 Å². The predicted octanol–water partition coefficient (Wildman–Crippen LogP) is 1.38. The van der Waals surface area contributed by atoms with E-state index in [1.165, 1.54) is 18.3 Å². The molecule has 3 heterocycles. The minimum Gasteiger partial charge on any atom is -0.454 e. The van der Waals surface area contributed by atoms with Crippen molar-refractivity contribution in [3.63, 3.8) is 0 Å². The molecule has 9 heteroatoms. The monoisotopic (exact) mass is 362 g/mol. The van der Waals surface area contributed by atoms with Crippen LogP contribution in [0.1, 0.15) is 18.5 Å². The van der Waals surface area contributed by atoms with Crippen LogP contribution in [0.3, 0.4) is 0 Å². The number of hydrogen-bond donors (Lipinski definition) is 1. The molecular formula is C16H18N4O4S. The van der Waals surface area contributed by atoms with Crippen molar-refractivity contribution in [1.29, 1.82) is 0 Å². The second-order valence-corrected chi connectivity index (χ2v) is 7.77. The molecule has 1 aliphatic heterocycles. The normalized spacial score (nSPS) is 14.8. The smallest absolute Gasteiger partial charge is 0.222 e. The lowest BCUT2D eigenvalue weighted by atomic mass is 10.3. The van der Waals surface area contributed by atoms with Gasteiger partial charge in [0, 0.05) is 19.2 Å². The first kappa shape index (κ1) is 17.2. The summed E-state index contributed by atoms with van der Waals surface area (Å²) >= 11 is 0. The third-order valence-electron chi connectivity index (χ3n) is 3.78. The summed E-state index contributed by atoms with van der Waals surface area (Å²) in [6.45, 7) is 0.993. The average molecular weight is 362 g/mol. The first-order chi connectivity index (χ1) is 11.8. The van der Waals surface area contributed by atoms with Crippen LogP contribution in [0, 0.1) is 0 Å². The lowest BCUT2D eigenvalue weighted by Gasteiger charge is -2.17. The SMILES string of the molecule is CS(=O)(=O)c1ccc(Oc2ccc(N)nc2CN2CCCC2=O)cn1. The number of nitrogens with two attached hydrogens (primary N) is 1. The van der Waals surface area contributed by atoms with Crippen LogP contribution in [0.25, 0.3) is 0 Å². The van der Waals surface area contributed by atoms with Gasteiger partial charge in [-0.15, -0.1) is 0 Å². The Hall–Kier alpha value is -2.68. The number of rotatable bonds is 5. The summed E-state index contributed by atoms with van der Waals surface area (Å²) in [7, 11) is -3.37. The number of aromatic nitrogens is 2. The maximum absolute atomic E-state index is 11.8. The van der Waals surface area contributed by atoms with Crippen LogP contribution >= 0.6 is 0 Å². The fraction of sp³-hybridized carbons (Fsp3) is 0.312. The number of carbonyl (C=O) groups is 1. The molecule has 1 fully saturated rings. The van der Waals surface area contributed by atoms with E-state index in [1.807, 2.05) is 0 Å². The number of hydrogen-bond acceptors (Lipinski definition) is 7. The molecule has 0 aromatic carbocycles. The van der Waals surface area contributed by atoms with Gasteiger partial charge in [-0.25, -0.2) is 18.4 Å². The number of likely N-dealkylation sites (tertiary alicyclic amines) is 1. The third kappa shape index (κ3) is 4.05. The van der Waals surface area contributed by atoms with Crippen molar-refractivity contribution in [3.8, 4) is 11.5 Å². The van der Waals surface area contributed by atoms with Crippen LogP contribution in [0.5, 0.6) is 11.5 Å². The molecule has 2 aromatic heterocycles. The van der Waals surface area contributed by atoms with Gasteiger partial charge in [0.25, 0.3) is 0 Å². The Morgan fingerprint density at radius 1 is 1.28 bits per heavy atom. The predicted molar refractivity (Wildman–Crippen MR) is 90.7 cm³/mol. The van der Waals surface area contributed by atoms with E-state index in [2.05, 4.69) is 9.97 Å². The number of nitrogen functional groups attached to an aromatic ring is 1. The molecule has 0 aliphatic carbocycles. The van der Waals surface area contributed by atoms with E-state index in [4.69, 9.17) is 10.5 Å². The first-order valence-corrected chi connectivity index (χ1v) is 9.59. The van der Waals surface area contributed by atoms with Crippen molar-refractivity contribution in [2.45, 2.75) is 24.4 Å². The molecule has 0 atom stereocenters. The minimum atomic E-state index is -3.37. The molecule has 3 rings (SSSR count). The number of anilines is 1. The first-order valence-electron chi connectivity index (χ1n) is 7.70. The molecule has 0 bridgehead atoms. The van der Waals surface area contributed by atoms with Crippen molar-refractivity contribution < 1.29 is 17.9 Å². The van der Waals surface area contributed by atoms with Gasteiger partial charge in [0.05, 0.1) is 12.7 Å². The number of ether oxygens (including phenoxy) is 1. The van der Waals surface area contributed by atoms with Crippen molar-refractivity contribution in [2.75, 3.05) is 18.5 Å². The van der Waals surface area contributed by atoms with Crippen molar-refractivity contribution in [2.24, 2.45) is 0 Å². The fourth-order valence-corrected chi connectivity index (χ4v) is 3.10. The van der Waals surface area contributed by atoms with Crippen LogP contribution in [0.2, 0.25) is 0 Å². The van der Waals surface area contributed by atoms with Gasteiger partial charge in [0.2, 0.25) is 5.91 Å². The van der Waals surface area contributed by atoms with E-state index in [9.17, 15) is 13.2 Å². The van der Waals surface area contributed by atoms with Crippen LogP contribution in [-0.2, 0) is 21.2 Å². The van der Waals surface area contributed by atoms with E-state index >= 15 is 0 Å². The molecule has 0 radical (unpaired) electrons. The molecule has 1 saturated heterocycles. The second-order valence-electron chi connectivity index (χ2n) is 5.81. The Kier molecular flexibility index (Phi) is 4.58.